The monoisotopic (exact) mass is 303 g/mol. The lowest BCUT2D eigenvalue weighted by molar-refractivity contribution is 0.0685. The molecule has 1 aromatic heterocycles. The number of hydrogen-bond acceptors (Lipinski definition) is 4. The summed E-state index contributed by atoms with van der Waals surface area (Å²) in [6.07, 6.45) is 0. The number of imidazole rings is 1. The van der Waals surface area contributed by atoms with Gasteiger partial charge in [0.2, 0.25) is 0 Å². The Morgan fingerprint density at radius 1 is 1.36 bits per heavy atom. The first-order valence-electron chi connectivity index (χ1n) is 6.98. The molecule has 0 radical (unpaired) electrons. The molecule has 0 amide bonds. The van der Waals surface area contributed by atoms with Crippen LogP contribution < -0.4 is 15.7 Å². The van der Waals surface area contributed by atoms with E-state index in [0.717, 1.165) is 0 Å². The molecule has 1 unspecified atom stereocenters. The Kier molecular flexibility index (Phi) is 3.50. The van der Waals surface area contributed by atoms with Crippen molar-refractivity contribution < 1.29 is 14.6 Å². The van der Waals surface area contributed by atoms with E-state index in [1.54, 1.807) is 31.4 Å². The molecule has 116 valence electrons. The van der Waals surface area contributed by atoms with Crippen LogP contribution in [0.3, 0.4) is 0 Å². The molecule has 1 atom stereocenters. The van der Waals surface area contributed by atoms with Gasteiger partial charge in [0.05, 0.1) is 18.5 Å². The maximum atomic E-state index is 12.6. The predicted molar refractivity (Wildman–Crippen MR) is 79.8 cm³/mol. The molecular formula is C15H17N3O4. The van der Waals surface area contributed by atoms with Gasteiger partial charge in [0.25, 0.3) is 0 Å². The van der Waals surface area contributed by atoms with E-state index in [-0.39, 0.29) is 17.4 Å². The summed E-state index contributed by atoms with van der Waals surface area (Å²) in [6.45, 7) is 2.78. The van der Waals surface area contributed by atoms with Gasteiger partial charge in [0, 0.05) is 19.1 Å². The summed E-state index contributed by atoms with van der Waals surface area (Å²) in [7, 11) is 1.55. The first kappa shape index (κ1) is 14.4. The third kappa shape index (κ3) is 2.19. The van der Waals surface area contributed by atoms with E-state index in [0.29, 0.717) is 30.2 Å². The smallest absolute Gasteiger partial charge is 0.354 e. The van der Waals surface area contributed by atoms with Crippen LogP contribution in [0.2, 0.25) is 0 Å². The van der Waals surface area contributed by atoms with Crippen LogP contribution in [0.1, 0.15) is 23.1 Å². The van der Waals surface area contributed by atoms with Gasteiger partial charge < -0.3 is 15.2 Å². The molecule has 1 aliphatic heterocycles. The summed E-state index contributed by atoms with van der Waals surface area (Å²) in [5, 5.41) is 12.7. The molecule has 0 spiro atoms. The van der Waals surface area contributed by atoms with Crippen molar-refractivity contribution in [1.82, 2.24) is 14.5 Å². The highest BCUT2D eigenvalue weighted by Crippen LogP contribution is 2.20. The zero-order chi connectivity index (χ0) is 15.9. The summed E-state index contributed by atoms with van der Waals surface area (Å²) in [4.78, 5) is 24.3. The molecule has 7 nitrogen and oxygen atoms in total. The second-order valence-electron chi connectivity index (χ2n) is 5.31. The number of rotatable bonds is 3. The fourth-order valence-corrected chi connectivity index (χ4v) is 2.76. The van der Waals surface area contributed by atoms with Crippen molar-refractivity contribution in [2.75, 3.05) is 7.11 Å². The molecule has 2 aromatic rings. The maximum Gasteiger partial charge on any atom is 0.354 e. The van der Waals surface area contributed by atoms with Crippen LogP contribution in [0, 0.1) is 0 Å². The number of carboxylic acid groups (broad SMARTS) is 1. The average Bonchev–Trinajstić information content (AvgIpc) is 2.80. The van der Waals surface area contributed by atoms with Crippen molar-refractivity contribution >= 4 is 5.97 Å². The van der Waals surface area contributed by atoms with Gasteiger partial charge in [-0.25, -0.2) is 9.59 Å². The number of methoxy groups -OCH3 is 1. The summed E-state index contributed by atoms with van der Waals surface area (Å²) in [5.41, 5.74) is 0.699. The minimum Gasteiger partial charge on any atom is -0.497 e. The summed E-state index contributed by atoms with van der Waals surface area (Å²) in [6, 6.07) is 6.87. The Morgan fingerprint density at radius 3 is 2.64 bits per heavy atom. The van der Waals surface area contributed by atoms with Gasteiger partial charge in [-0.1, -0.05) is 0 Å². The van der Waals surface area contributed by atoms with E-state index in [2.05, 4.69) is 5.32 Å². The minimum absolute atomic E-state index is 0.00886. The van der Waals surface area contributed by atoms with Crippen LogP contribution in [0.4, 0.5) is 0 Å². The Morgan fingerprint density at radius 2 is 2.05 bits per heavy atom. The molecule has 22 heavy (non-hydrogen) atoms. The number of fused-ring (bicyclic) bond motifs is 1. The van der Waals surface area contributed by atoms with Crippen molar-refractivity contribution in [2.24, 2.45) is 0 Å². The molecule has 0 saturated heterocycles. The quantitative estimate of drug-likeness (QED) is 0.877. The molecule has 0 fully saturated rings. The molecule has 3 rings (SSSR count). The number of aromatic nitrogens is 2. The fraction of sp³-hybridized carbons (Fsp3) is 0.333. The Balaban J connectivity index is 2.22. The van der Waals surface area contributed by atoms with Gasteiger partial charge in [-0.2, -0.15) is 0 Å². The number of carbonyl (C=O) groups is 1. The second-order valence-corrected chi connectivity index (χ2v) is 5.31. The van der Waals surface area contributed by atoms with Gasteiger partial charge in [0.1, 0.15) is 5.75 Å². The zero-order valence-electron chi connectivity index (χ0n) is 12.4. The number of nitrogens with zero attached hydrogens (tertiary/aromatic N) is 2. The van der Waals surface area contributed by atoms with E-state index < -0.39 is 5.97 Å². The van der Waals surface area contributed by atoms with Gasteiger partial charge in [-0.3, -0.25) is 9.13 Å². The molecule has 2 heterocycles. The largest absolute Gasteiger partial charge is 0.497 e. The van der Waals surface area contributed by atoms with Crippen LogP contribution >= 0.6 is 0 Å². The van der Waals surface area contributed by atoms with Crippen LogP contribution in [-0.4, -0.2) is 33.4 Å². The fourth-order valence-electron chi connectivity index (χ4n) is 2.76. The van der Waals surface area contributed by atoms with Crippen LogP contribution in [0.5, 0.6) is 5.75 Å². The third-order valence-electron chi connectivity index (χ3n) is 3.85. The van der Waals surface area contributed by atoms with Crippen molar-refractivity contribution in [3.8, 4) is 11.4 Å². The Bertz CT molecular complexity index is 773. The highest BCUT2D eigenvalue weighted by Gasteiger charge is 2.28. The average molecular weight is 303 g/mol. The molecule has 1 aromatic carbocycles. The zero-order valence-corrected chi connectivity index (χ0v) is 12.4. The Labute approximate surface area is 126 Å². The summed E-state index contributed by atoms with van der Waals surface area (Å²) >= 11 is 0. The third-order valence-corrected chi connectivity index (χ3v) is 3.85. The van der Waals surface area contributed by atoms with Crippen molar-refractivity contribution in [1.29, 1.82) is 0 Å². The van der Waals surface area contributed by atoms with Gasteiger partial charge >= 0.3 is 11.7 Å². The van der Waals surface area contributed by atoms with Crippen LogP contribution in [-0.2, 0) is 13.1 Å². The standard InChI is InChI=1S/C15H17N3O4/c1-9-8-17-12(7-16-9)13(14(19)20)18(15(17)21)10-3-5-11(22-2)6-4-10/h3-6,9,16H,7-8H2,1-2H3,(H,19,20). The number of benzene rings is 1. The molecule has 1 aliphatic rings. The number of ether oxygens (including phenoxy) is 1. The van der Waals surface area contributed by atoms with E-state index in [4.69, 9.17) is 4.74 Å². The molecule has 0 saturated carbocycles. The highest BCUT2D eigenvalue weighted by atomic mass is 16.5. The molecule has 2 N–H and O–H groups in total. The van der Waals surface area contributed by atoms with Crippen molar-refractivity contribution in [2.45, 2.75) is 26.1 Å². The lowest BCUT2D eigenvalue weighted by Gasteiger charge is -2.21. The van der Waals surface area contributed by atoms with Gasteiger partial charge in [-0.05, 0) is 31.2 Å². The predicted octanol–water partition coefficient (Wildman–Crippen LogP) is 0.837. The summed E-state index contributed by atoms with van der Waals surface area (Å²) < 4.78 is 7.87. The number of aromatic carboxylic acids is 1. The number of carboxylic acids is 1. The van der Waals surface area contributed by atoms with E-state index in [1.807, 2.05) is 6.92 Å². The number of nitrogens with one attached hydrogen (secondary N) is 1. The van der Waals surface area contributed by atoms with Crippen molar-refractivity contribution in [3.63, 3.8) is 0 Å². The van der Waals surface area contributed by atoms with E-state index in [1.165, 1.54) is 9.13 Å². The van der Waals surface area contributed by atoms with Crippen molar-refractivity contribution in [3.05, 3.63) is 46.1 Å². The molecule has 0 bridgehead atoms. The summed E-state index contributed by atoms with van der Waals surface area (Å²) in [5.74, 6) is -0.467. The SMILES string of the molecule is COc1ccc(-n2c(C(=O)O)c3n(c2=O)CC(C)NC3)cc1. The first-order valence-corrected chi connectivity index (χ1v) is 6.98. The highest BCUT2D eigenvalue weighted by molar-refractivity contribution is 5.88. The lowest BCUT2D eigenvalue weighted by atomic mass is 10.2. The lowest BCUT2D eigenvalue weighted by Crippen LogP contribution is -2.40. The topological polar surface area (TPSA) is 85.5 Å². The van der Waals surface area contributed by atoms with Crippen LogP contribution in [0.25, 0.3) is 5.69 Å². The van der Waals surface area contributed by atoms with Gasteiger partial charge in [0.15, 0.2) is 5.69 Å². The minimum atomic E-state index is -1.11. The van der Waals surface area contributed by atoms with E-state index >= 15 is 0 Å². The molecule has 7 heteroatoms. The van der Waals surface area contributed by atoms with Gasteiger partial charge in [-0.15, -0.1) is 0 Å². The molecule has 0 aliphatic carbocycles. The Hall–Kier alpha value is -2.54. The molecular weight excluding hydrogens is 286 g/mol. The second kappa shape index (κ2) is 5.34. The normalized spacial score (nSPS) is 17.1. The van der Waals surface area contributed by atoms with E-state index in [9.17, 15) is 14.7 Å². The number of hydrogen-bond donors (Lipinski definition) is 2. The van der Waals surface area contributed by atoms with Crippen LogP contribution in [0.15, 0.2) is 29.1 Å². The maximum absolute atomic E-state index is 12.6. The first-order chi connectivity index (χ1) is 10.5.